The van der Waals surface area contributed by atoms with E-state index in [9.17, 15) is 4.79 Å². The Labute approximate surface area is 112 Å². The first-order chi connectivity index (χ1) is 9.29. The number of hydrogen-bond acceptors (Lipinski definition) is 3. The maximum atomic E-state index is 11.7. The predicted molar refractivity (Wildman–Crippen MR) is 76.5 cm³/mol. The molecule has 1 aliphatic rings. The van der Waals surface area contributed by atoms with Gasteiger partial charge in [0, 0.05) is 23.3 Å². The van der Waals surface area contributed by atoms with E-state index in [2.05, 4.69) is 22.1 Å². The molecule has 19 heavy (non-hydrogen) atoms. The molecule has 4 heteroatoms. The van der Waals surface area contributed by atoms with Gasteiger partial charge in [-0.25, -0.2) is 0 Å². The topological polar surface area (TPSA) is 60.1 Å². The van der Waals surface area contributed by atoms with Gasteiger partial charge < -0.3 is 15.6 Å². The molecule has 1 aliphatic heterocycles. The maximum Gasteiger partial charge on any atom is 0.176 e. The van der Waals surface area contributed by atoms with Crippen LogP contribution in [0.1, 0.15) is 29.2 Å². The Kier molecular flexibility index (Phi) is 3.36. The molecule has 0 atom stereocenters. The zero-order valence-corrected chi connectivity index (χ0v) is 10.9. The summed E-state index contributed by atoms with van der Waals surface area (Å²) in [4.78, 5) is 11.7. The molecule has 0 spiro atoms. The number of benzene rings is 1. The fraction of sp³-hybridized carbons (Fsp3) is 0.400. The lowest BCUT2D eigenvalue weighted by Crippen LogP contribution is -2.29. The number of carbonyl (C=O) groups is 1. The molecule has 2 heterocycles. The van der Waals surface area contributed by atoms with Crippen LogP contribution in [-0.2, 0) is 0 Å². The number of rotatable bonds is 3. The van der Waals surface area contributed by atoms with Gasteiger partial charge in [-0.15, -0.1) is 0 Å². The first-order valence-corrected chi connectivity index (χ1v) is 6.84. The summed E-state index contributed by atoms with van der Waals surface area (Å²) >= 11 is 0. The Hall–Kier alpha value is -1.65. The van der Waals surface area contributed by atoms with E-state index < -0.39 is 0 Å². The second-order valence-electron chi connectivity index (χ2n) is 5.11. The Morgan fingerprint density at radius 3 is 2.84 bits per heavy atom. The van der Waals surface area contributed by atoms with Crippen LogP contribution >= 0.6 is 0 Å². The minimum absolute atomic E-state index is 0.0000363. The van der Waals surface area contributed by atoms with E-state index in [4.69, 9.17) is 5.73 Å². The van der Waals surface area contributed by atoms with Crippen LogP contribution in [0.3, 0.4) is 0 Å². The van der Waals surface area contributed by atoms with Crippen LogP contribution in [0.4, 0.5) is 0 Å². The number of fused-ring (bicyclic) bond motifs is 1. The van der Waals surface area contributed by atoms with Crippen molar-refractivity contribution in [2.24, 2.45) is 5.73 Å². The van der Waals surface area contributed by atoms with E-state index in [0.29, 0.717) is 11.6 Å². The Bertz CT molecular complexity index is 596. The summed E-state index contributed by atoms with van der Waals surface area (Å²) in [5.74, 6) is -0.0000363. The number of ketones is 1. The van der Waals surface area contributed by atoms with E-state index in [1.165, 1.54) is 5.39 Å². The minimum atomic E-state index is -0.0000363. The average molecular weight is 257 g/mol. The highest BCUT2D eigenvalue weighted by Crippen LogP contribution is 2.26. The number of hydrogen-bond donors (Lipinski definition) is 2. The molecule has 0 unspecified atom stereocenters. The summed E-state index contributed by atoms with van der Waals surface area (Å²) in [6, 6.07) is 8.50. The van der Waals surface area contributed by atoms with Crippen molar-refractivity contribution in [2.45, 2.75) is 18.9 Å². The van der Waals surface area contributed by atoms with Crippen molar-refractivity contribution in [2.75, 3.05) is 19.6 Å². The molecule has 0 bridgehead atoms. The predicted octanol–water partition coefficient (Wildman–Crippen LogP) is 1.71. The molecule has 1 fully saturated rings. The summed E-state index contributed by atoms with van der Waals surface area (Å²) in [7, 11) is 0. The molecule has 3 rings (SSSR count). The zero-order valence-electron chi connectivity index (χ0n) is 10.9. The average Bonchev–Trinajstić information content (AvgIpc) is 2.90. The molecule has 1 aromatic carbocycles. The molecule has 1 saturated heterocycles. The van der Waals surface area contributed by atoms with Crippen LogP contribution in [0.2, 0.25) is 0 Å². The van der Waals surface area contributed by atoms with Gasteiger partial charge in [-0.3, -0.25) is 4.79 Å². The van der Waals surface area contributed by atoms with Crippen molar-refractivity contribution in [3.05, 3.63) is 36.0 Å². The number of nitrogens with one attached hydrogen (secondary N) is 1. The van der Waals surface area contributed by atoms with E-state index in [1.54, 1.807) is 0 Å². The van der Waals surface area contributed by atoms with Crippen LogP contribution < -0.4 is 11.1 Å². The van der Waals surface area contributed by atoms with E-state index in [1.807, 2.05) is 18.2 Å². The van der Waals surface area contributed by atoms with Crippen molar-refractivity contribution in [3.8, 4) is 0 Å². The lowest BCUT2D eigenvalue weighted by molar-refractivity contribution is 0.100. The molecular formula is C15H19N3O. The molecule has 2 aromatic rings. The van der Waals surface area contributed by atoms with Gasteiger partial charge in [0.15, 0.2) is 5.78 Å². The van der Waals surface area contributed by atoms with Gasteiger partial charge in [0.05, 0.1) is 6.54 Å². The molecule has 100 valence electrons. The van der Waals surface area contributed by atoms with E-state index >= 15 is 0 Å². The van der Waals surface area contributed by atoms with Crippen molar-refractivity contribution in [1.29, 1.82) is 0 Å². The van der Waals surface area contributed by atoms with Gasteiger partial charge in [0.1, 0.15) is 0 Å². The molecular weight excluding hydrogens is 238 g/mol. The molecule has 0 amide bonds. The maximum absolute atomic E-state index is 11.7. The number of nitrogens with zero attached hydrogens (tertiary/aromatic N) is 1. The van der Waals surface area contributed by atoms with Gasteiger partial charge in [-0.1, -0.05) is 12.1 Å². The molecule has 0 aliphatic carbocycles. The van der Waals surface area contributed by atoms with Crippen molar-refractivity contribution in [3.63, 3.8) is 0 Å². The molecule has 4 nitrogen and oxygen atoms in total. The molecule has 1 aromatic heterocycles. The standard InChI is InChI=1S/C15H19N3O/c16-10-15(19)12-2-1-11-5-8-18(14(11)9-12)13-3-6-17-7-4-13/h1-2,5,8-9,13,17H,3-4,6-7,10,16H2. The quantitative estimate of drug-likeness (QED) is 0.823. The molecule has 0 radical (unpaired) electrons. The van der Waals surface area contributed by atoms with Gasteiger partial charge in [0.25, 0.3) is 0 Å². The third-order valence-corrected chi connectivity index (χ3v) is 3.93. The number of aromatic nitrogens is 1. The molecule has 0 saturated carbocycles. The smallest absolute Gasteiger partial charge is 0.176 e. The fourth-order valence-electron chi connectivity index (χ4n) is 2.84. The first kappa shape index (κ1) is 12.4. The van der Waals surface area contributed by atoms with Crippen molar-refractivity contribution in [1.82, 2.24) is 9.88 Å². The summed E-state index contributed by atoms with van der Waals surface area (Å²) in [6.45, 7) is 2.19. The summed E-state index contributed by atoms with van der Waals surface area (Å²) in [6.07, 6.45) is 4.41. The lowest BCUT2D eigenvalue weighted by Gasteiger charge is -2.25. The van der Waals surface area contributed by atoms with Crippen LogP contribution in [0.5, 0.6) is 0 Å². The van der Waals surface area contributed by atoms with Gasteiger partial charge in [-0.05, 0) is 43.5 Å². The second kappa shape index (κ2) is 5.15. The summed E-state index contributed by atoms with van der Waals surface area (Å²) in [5, 5.41) is 4.57. The summed E-state index contributed by atoms with van der Waals surface area (Å²) in [5.41, 5.74) is 7.30. The third kappa shape index (κ3) is 2.29. The van der Waals surface area contributed by atoms with Gasteiger partial charge in [0.2, 0.25) is 0 Å². The summed E-state index contributed by atoms with van der Waals surface area (Å²) < 4.78 is 2.31. The molecule has 3 N–H and O–H groups in total. The Morgan fingerprint density at radius 1 is 1.32 bits per heavy atom. The van der Waals surface area contributed by atoms with E-state index in [-0.39, 0.29) is 12.3 Å². The normalized spacial score (nSPS) is 16.9. The number of carbonyl (C=O) groups excluding carboxylic acids is 1. The van der Waals surface area contributed by atoms with E-state index in [0.717, 1.165) is 31.4 Å². The lowest BCUT2D eigenvalue weighted by atomic mass is 10.1. The number of piperidine rings is 1. The van der Waals surface area contributed by atoms with Crippen LogP contribution in [0.25, 0.3) is 10.9 Å². The van der Waals surface area contributed by atoms with Crippen molar-refractivity contribution < 1.29 is 4.79 Å². The highest BCUT2D eigenvalue weighted by Gasteiger charge is 2.16. The minimum Gasteiger partial charge on any atom is -0.344 e. The Balaban J connectivity index is 2.02. The number of Topliss-reactive ketones (excluding diaryl/α,β-unsaturated/α-hetero) is 1. The third-order valence-electron chi connectivity index (χ3n) is 3.93. The highest BCUT2D eigenvalue weighted by molar-refractivity contribution is 6.00. The Morgan fingerprint density at radius 2 is 2.11 bits per heavy atom. The second-order valence-corrected chi connectivity index (χ2v) is 5.11. The van der Waals surface area contributed by atoms with Gasteiger partial charge in [-0.2, -0.15) is 0 Å². The van der Waals surface area contributed by atoms with Crippen LogP contribution in [0, 0.1) is 0 Å². The highest BCUT2D eigenvalue weighted by atomic mass is 16.1. The monoisotopic (exact) mass is 257 g/mol. The van der Waals surface area contributed by atoms with Gasteiger partial charge >= 0.3 is 0 Å². The zero-order chi connectivity index (χ0) is 13.2. The SMILES string of the molecule is NCC(=O)c1ccc2ccn(C3CCNCC3)c2c1. The number of nitrogens with two attached hydrogens (primary N) is 1. The van der Waals surface area contributed by atoms with Crippen LogP contribution in [0.15, 0.2) is 30.5 Å². The largest absolute Gasteiger partial charge is 0.344 e. The first-order valence-electron chi connectivity index (χ1n) is 6.84. The fourth-order valence-corrected chi connectivity index (χ4v) is 2.84. The van der Waals surface area contributed by atoms with Crippen LogP contribution in [-0.4, -0.2) is 30.0 Å². The van der Waals surface area contributed by atoms with Crippen molar-refractivity contribution >= 4 is 16.7 Å².